The number of rotatable bonds is 3. The molecule has 6 nitrogen and oxygen atoms in total. The largest absolute Gasteiger partial charge is 0.444 e. The van der Waals surface area contributed by atoms with Gasteiger partial charge in [-0.25, -0.2) is 4.79 Å². The molecule has 1 saturated heterocycles. The minimum atomic E-state index is -0.684. The Morgan fingerprint density at radius 3 is 2.57 bits per heavy atom. The molecule has 6 heteroatoms. The van der Waals surface area contributed by atoms with Gasteiger partial charge in [-0.05, 0) is 41.5 Å². The molecule has 1 heterocycles. The van der Waals surface area contributed by atoms with E-state index in [1.54, 1.807) is 25.7 Å². The first-order valence-corrected chi connectivity index (χ1v) is 7.12. The number of amides is 2. The minimum Gasteiger partial charge on any atom is -0.444 e. The molecule has 1 fully saturated rings. The summed E-state index contributed by atoms with van der Waals surface area (Å²) in [5.74, 6) is -0.202. The lowest BCUT2D eigenvalue weighted by Crippen LogP contribution is -2.51. The van der Waals surface area contributed by atoms with Crippen molar-refractivity contribution in [1.29, 1.82) is 0 Å². The van der Waals surface area contributed by atoms with Gasteiger partial charge in [0.25, 0.3) is 0 Å². The average molecular weight is 298 g/mol. The van der Waals surface area contributed by atoms with Gasteiger partial charge in [-0.1, -0.05) is 12.2 Å². The minimum absolute atomic E-state index is 0.113. The zero-order valence-corrected chi connectivity index (χ0v) is 13.7. The van der Waals surface area contributed by atoms with Crippen LogP contribution < -0.4 is 5.32 Å². The quantitative estimate of drug-likeness (QED) is 0.810. The van der Waals surface area contributed by atoms with Gasteiger partial charge in [-0.15, -0.1) is 0 Å². The number of carbonyl (C=O) groups excluding carboxylic acids is 2. The van der Waals surface area contributed by atoms with E-state index < -0.39 is 17.4 Å². The van der Waals surface area contributed by atoms with Gasteiger partial charge in [0.15, 0.2) is 0 Å². The van der Waals surface area contributed by atoms with Gasteiger partial charge in [0, 0.05) is 0 Å². The molecular weight excluding hydrogens is 272 g/mol. The summed E-state index contributed by atoms with van der Waals surface area (Å²) in [5, 5.41) is 2.48. The number of nitrogens with one attached hydrogen (secondary N) is 1. The third kappa shape index (κ3) is 5.04. The zero-order valence-electron chi connectivity index (χ0n) is 13.7. The third-order valence-electron chi connectivity index (χ3n) is 2.99. The molecule has 0 aromatic carbocycles. The van der Waals surface area contributed by atoms with Crippen LogP contribution in [0.3, 0.4) is 0 Å². The Balaban J connectivity index is 2.63. The molecule has 0 radical (unpaired) electrons. The highest BCUT2D eigenvalue weighted by Crippen LogP contribution is 2.27. The van der Waals surface area contributed by atoms with Crippen LogP contribution >= 0.6 is 0 Å². The fourth-order valence-corrected chi connectivity index (χ4v) is 2.23. The highest BCUT2D eigenvalue weighted by atomic mass is 16.6. The van der Waals surface area contributed by atoms with Crippen LogP contribution in [-0.4, -0.2) is 47.4 Å². The standard InChI is InChI=1S/C15H26N2O4/c1-7-8-11-10-20-15(5,6)17(11)12(18)9-16-13(19)21-14(2,3)4/h7-8,11H,9-10H2,1-6H3,(H,16,19)/b8-7-/t11-/m0/s1. The second-order valence-electron chi connectivity index (χ2n) is 6.47. The first-order valence-electron chi connectivity index (χ1n) is 7.12. The van der Waals surface area contributed by atoms with E-state index in [1.807, 2.05) is 32.9 Å². The number of carbonyl (C=O) groups is 2. The Kier molecular flexibility index (Phi) is 5.39. The lowest BCUT2D eigenvalue weighted by Gasteiger charge is -2.33. The number of hydrogen-bond donors (Lipinski definition) is 1. The molecule has 0 aromatic rings. The summed E-state index contributed by atoms with van der Waals surface area (Å²) >= 11 is 0. The maximum atomic E-state index is 12.4. The fourth-order valence-electron chi connectivity index (χ4n) is 2.23. The van der Waals surface area contributed by atoms with Crippen LogP contribution in [0.1, 0.15) is 41.5 Å². The number of alkyl carbamates (subject to hydrolysis) is 1. The Morgan fingerprint density at radius 2 is 2.05 bits per heavy atom. The van der Waals surface area contributed by atoms with Crippen LogP contribution in [0.5, 0.6) is 0 Å². The van der Waals surface area contributed by atoms with Gasteiger partial charge < -0.3 is 19.7 Å². The van der Waals surface area contributed by atoms with Crippen LogP contribution in [-0.2, 0) is 14.3 Å². The summed E-state index contributed by atoms with van der Waals surface area (Å²) in [6.07, 6.45) is 3.20. The van der Waals surface area contributed by atoms with Gasteiger partial charge in [0.1, 0.15) is 17.9 Å². The fraction of sp³-hybridized carbons (Fsp3) is 0.733. The Hall–Kier alpha value is -1.56. The monoisotopic (exact) mass is 298 g/mol. The van der Waals surface area contributed by atoms with Crippen molar-refractivity contribution in [2.75, 3.05) is 13.2 Å². The summed E-state index contributed by atoms with van der Waals surface area (Å²) < 4.78 is 10.7. The Labute approximate surface area is 126 Å². The first-order chi connectivity index (χ1) is 9.57. The van der Waals surface area contributed by atoms with Crippen molar-refractivity contribution in [1.82, 2.24) is 10.2 Å². The van der Waals surface area contributed by atoms with E-state index in [-0.39, 0.29) is 18.5 Å². The Bertz CT molecular complexity index is 424. The second kappa shape index (κ2) is 6.47. The van der Waals surface area contributed by atoms with Crippen LogP contribution in [0.15, 0.2) is 12.2 Å². The maximum Gasteiger partial charge on any atom is 0.408 e. The van der Waals surface area contributed by atoms with Gasteiger partial charge >= 0.3 is 6.09 Å². The van der Waals surface area contributed by atoms with Gasteiger partial charge in [-0.3, -0.25) is 4.79 Å². The number of nitrogens with zero attached hydrogens (tertiary/aromatic N) is 1. The van der Waals surface area contributed by atoms with Crippen molar-refractivity contribution in [3.63, 3.8) is 0 Å². The number of ether oxygens (including phenoxy) is 2. The van der Waals surface area contributed by atoms with E-state index >= 15 is 0 Å². The maximum absolute atomic E-state index is 12.4. The molecule has 0 aliphatic carbocycles. The van der Waals surface area contributed by atoms with E-state index in [2.05, 4.69) is 5.32 Å². The van der Waals surface area contributed by atoms with E-state index in [0.717, 1.165) is 0 Å². The molecule has 2 amide bonds. The van der Waals surface area contributed by atoms with Crippen LogP contribution in [0.4, 0.5) is 4.79 Å². The molecular formula is C15H26N2O4. The predicted octanol–water partition coefficient (Wildman–Crippen LogP) is 2.05. The van der Waals surface area contributed by atoms with Crippen LogP contribution in [0, 0.1) is 0 Å². The Morgan fingerprint density at radius 1 is 1.43 bits per heavy atom. The molecule has 120 valence electrons. The predicted molar refractivity (Wildman–Crippen MR) is 79.7 cm³/mol. The lowest BCUT2D eigenvalue weighted by atomic mass is 10.2. The van der Waals surface area contributed by atoms with E-state index in [0.29, 0.717) is 6.61 Å². The summed E-state index contributed by atoms with van der Waals surface area (Å²) in [7, 11) is 0. The number of allylic oxidation sites excluding steroid dienone is 1. The van der Waals surface area contributed by atoms with Crippen LogP contribution in [0.2, 0.25) is 0 Å². The molecule has 0 saturated carbocycles. The summed E-state index contributed by atoms with van der Waals surface area (Å²) in [6, 6.07) is -0.113. The third-order valence-corrected chi connectivity index (χ3v) is 2.99. The molecule has 0 aromatic heterocycles. The van der Waals surface area contributed by atoms with Crippen molar-refractivity contribution in [2.45, 2.75) is 58.9 Å². The summed E-state index contributed by atoms with van der Waals surface area (Å²) in [4.78, 5) is 25.6. The lowest BCUT2D eigenvalue weighted by molar-refractivity contribution is -0.144. The van der Waals surface area contributed by atoms with Gasteiger partial charge in [0.05, 0.1) is 12.6 Å². The molecule has 0 spiro atoms. The summed E-state index contributed by atoms with van der Waals surface area (Å²) in [6.45, 7) is 11.2. The zero-order chi connectivity index (χ0) is 16.3. The number of hydrogen-bond acceptors (Lipinski definition) is 4. The molecule has 21 heavy (non-hydrogen) atoms. The van der Waals surface area contributed by atoms with E-state index in [9.17, 15) is 9.59 Å². The van der Waals surface area contributed by atoms with Crippen molar-refractivity contribution >= 4 is 12.0 Å². The van der Waals surface area contributed by atoms with Crippen molar-refractivity contribution in [2.24, 2.45) is 0 Å². The second-order valence-corrected chi connectivity index (χ2v) is 6.47. The normalized spacial score (nSPS) is 21.6. The van der Waals surface area contributed by atoms with Gasteiger partial charge in [0.2, 0.25) is 5.91 Å². The van der Waals surface area contributed by atoms with Crippen LogP contribution in [0.25, 0.3) is 0 Å². The highest BCUT2D eigenvalue weighted by molar-refractivity contribution is 5.83. The first kappa shape index (κ1) is 17.5. The highest BCUT2D eigenvalue weighted by Gasteiger charge is 2.42. The molecule has 1 N–H and O–H groups in total. The summed E-state index contributed by atoms with van der Waals surface area (Å²) in [5.41, 5.74) is -1.27. The molecule has 1 aliphatic heterocycles. The molecule has 0 unspecified atom stereocenters. The van der Waals surface area contributed by atoms with Gasteiger partial charge in [-0.2, -0.15) is 0 Å². The molecule has 0 bridgehead atoms. The molecule has 1 aliphatic rings. The van der Waals surface area contributed by atoms with Crippen molar-refractivity contribution in [3.05, 3.63) is 12.2 Å². The molecule has 1 rings (SSSR count). The average Bonchev–Trinajstić information content (AvgIpc) is 2.60. The van der Waals surface area contributed by atoms with Crippen molar-refractivity contribution in [3.8, 4) is 0 Å². The SMILES string of the molecule is C/C=C\[C@H]1COC(C)(C)N1C(=O)CNC(=O)OC(C)(C)C. The van der Waals surface area contributed by atoms with Crippen molar-refractivity contribution < 1.29 is 19.1 Å². The van der Waals surface area contributed by atoms with E-state index in [4.69, 9.17) is 9.47 Å². The smallest absolute Gasteiger partial charge is 0.408 e. The topological polar surface area (TPSA) is 67.9 Å². The molecule has 1 atom stereocenters. The van der Waals surface area contributed by atoms with E-state index in [1.165, 1.54) is 0 Å².